The molecule has 132 valence electrons. The molecule has 0 radical (unpaired) electrons. The number of hydrogen-bond donors (Lipinski definition) is 1. The van der Waals surface area contributed by atoms with Gasteiger partial charge in [0.1, 0.15) is 0 Å². The van der Waals surface area contributed by atoms with Crippen LogP contribution in [0.1, 0.15) is 18.1 Å². The number of methoxy groups -OCH3 is 2. The molecule has 0 aliphatic carbocycles. The summed E-state index contributed by atoms with van der Waals surface area (Å²) in [5.74, 6) is 0.957. The SMILES string of the molecule is COc1ccc(/C=N\O[C@@H](C)C(=O)Nc2cccc(C)c2)cc1OC. The Morgan fingerprint density at radius 3 is 2.56 bits per heavy atom. The monoisotopic (exact) mass is 342 g/mol. The largest absolute Gasteiger partial charge is 0.493 e. The molecule has 0 saturated carbocycles. The topological polar surface area (TPSA) is 69.2 Å². The summed E-state index contributed by atoms with van der Waals surface area (Å²) in [6.45, 7) is 3.60. The summed E-state index contributed by atoms with van der Waals surface area (Å²) < 4.78 is 10.4. The first-order valence-corrected chi connectivity index (χ1v) is 7.82. The number of rotatable bonds is 7. The van der Waals surface area contributed by atoms with Gasteiger partial charge in [-0.1, -0.05) is 17.3 Å². The fourth-order valence-electron chi connectivity index (χ4n) is 2.13. The Bertz CT molecular complexity index is 759. The predicted octanol–water partition coefficient (Wildman–Crippen LogP) is 3.39. The maximum Gasteiger partial charge on any atom is 0.267 e. The highest BCUT2D eigenvalue weighted by atomic mass is 16.6. The summed E-state index contributed by atoms with van der Waals surface area (Å²) in [4.78, 5) is 17.3. The molecule has 6 nitrogen and oxygen atoms in total. The minimum Gasteiger partial charge on any atom is -0.493 e. The van der Waals surface area contributed by atoms with E-state index >= 15 is 0 Å². The quantitative estimate of drug-likeness (QED) is 0.618. The molecule has 6 heteroatoms. The summed E-state index contributed by atoms with van der Waals surface area (Å²) >= 11 is 0. The number of amides is 1. The van der Waals surface area contributed by atoms with Crippen LogP contribution in [-0.2, 0) is 9.63 Å². The van der Waals surface area contributed by atoms with Crippen molar-refractivity contribution in [2.45, 2.75) is 20.0 Å². The molecule has 1 atom stereocenters. The summed E-state index contributed by atoms with van der Waals surface area (Å²) in [6, 6.07) is 12.9. The molecule has 0 aliphatic rings. The van der Waals surface area contributed by atoms with Crippen molar-refractivity contribution < 1.29 is 19.1 Å². The molecule has 0 aromatic heterocycles. The Morgan fingerprint density at radius 1 is 1.12 bits per heavy atom. The maximum absolute atomic E-state index is 12.1. The fraction of sp³-hybridized carbons (Fsp3) is 0.263. The molecule has 0 bridgehead atoms. The second-order valence-corrected chi connectivity index (χ2v) is 5.46. The number of nitrogens with zero attached hydrogens (tertiary/aromatic N) is 1. The summed E-state index contributed by atoms with van der Waals surface area (Å²) in [5.41, 5.74) is 2.56. The smallest absolute Gasteiger partial charge is 0.267 e. The molecule has 0 heterocycles. The van der Waals surface area contributed by atoms with Gasteiger partial charge in [-0.25, -0.2) is 0 Å². The van der Waals surface area contributed by atoms with Gasteiger partial charge in [0.2, 0.25) is 6.10 Å². The number of ether oxygens (including phenoxy) is 2. The lowest BCUT2D eigenvalue weighted by molar-refractivity contribution is -0.126. The van der Waals surface area contributed by atoms with Crippen molar-refractivity contribution in [1.82, 2.24) is 0 Å². The number of nitrogens with one attached hydrogen (secondary N) is 1. The van der Waals surface area contributed by atoms with Crippen LogP contribution in [0.15, 0.2) is 47.6 Å². The lowest BCUT2D eigenvalue weighted by Crippen LogP contribution is -2.26. The van der Waals surface area contributed by atoms with Gasteiger partial charge in [-0.05, 0) is 49.7 Å². The Kier molecular flexibility index (Phi) is 6.39. The summed E-state index contributed by atoms with van der Waals surface area (Å²) in [5, 5.41) is 6.66. The fourth-order valence-corrected chi connectivity index (χ4v) is 2.13. The second-order valence-electron chi connectivity index (χ2n) is 5.46. The van der Waals surface area contributed by atoms with E-state index in [1.165, 1.54) is 6.21 Å². The first kappa shape index (κ1) is 18.3. The third-order valence-electron chi connectivity index (χ3n) is 3.48. The van der Waals surface area contributed by atoms with Crippen molar-refractivity contribution in [1.29, 1.82) is 0 Å². The zero-order chi connectivity index (χ0) is 18.2. The van der Waals surface area contributed by atoms with Gasteiger partial charge in [0.15, 0.2) is 11.5 Å². The lowest BCUT2D eigenvalue weighted by atomic mass is 10.2. The van der Waals surface area contributed by atoms with Crippen LogP contribution in [0.5, 0.6) is 11.5 Å². The van der Waals surface area contributed by atoms with Crippen LogP contribution in [0.4, 0.5) is 5.69 Å². The zero-order valence-corrected chi connectivity index (χ0v) is 14.8. The lowest BCUT2D eigenvalue weighted by Gasteiger charge is -2.11. The minimum atomic E-state index is -0.725. The Labute approximate surface area is 147 Å². The molecular weight excluding hydrogens is 320 g/mol. The van der Waals surface area contributed by atoms with E-state index in [1.54, 1.807) is 33.3 Å². The maximum atomic E-state index is 12.1. The molecule has 1 N–H and O–H groups in total. The van der Waals surface area contributed by atoms with Crippen LogP contribution in [-0.4, -0.2) is 32.4 Å². The van der Waals surface area contributed by atoms with E-state index in [1.807, 2.05) is 37.3 Å². The first-order valence-electron chi connectivity index (χ1n) is 7.82. The van der Waals surface area contributed by atoms with Crippen molar-refractivity contribution in [2.75, 3.05) is 19.5 Å². The Morgan fingerprint density at radius 2 is 1.88 bits per heavy atom. The number of carbonyl (C=O) groups is 1. The normalized spacial score (nSPS) is 11.8. The molecule has 0 saturated heterocycles. The molecule has 25 heavy (non-hydrogen) atoms. The number of hydrogen-bond acceptors (Lipinski definition) is 5. The molecule has 0 aliphatic heterocycles. The van der Waals surface area contributed by atoms with Gasteiger partial charge in [-0.3, -0.25) is 4.79 Å². The van der Waals surface area contributed by atoms with E-state index in [-0.39, 0.29) is 5.91 Å². The Balaban J connectivity index is 1.93. The average Bonchev–Trinajstić information content (AvgIpc) is 2.61. The van der Waals surface area contributed by atoms with E-state index < -0.39 is 6.10 Å². The first-order chi connectivity index (χ1) is 12.0. The molecule has 2 aromatic rings. The summed E-state index contributed by atoms with van der Waals surface area (Å²) in [7, 11) is 3.14. The standard InChI is InChI=1S/C19H22N2O4/c1-13-6-5-7-16(10-13)21-19(22)14(2)25-20-12-15-8-9-17(23-3)18(11-15)24-4/h5-12,14H,1-4H3,(H,21,22)/b20-12-/t14-/m0/s1. The van der Waals surface area contributed by atoms with Crippen LogP contribution in [0.3, 0.4) is 0 Å². The zero-order valence-electron chi connectivity index (χ0n) is 14.8. The molecule has 1 amide bonds. The van der Waals surface area contributed by atoms with Crippen molar-refractivity contribution in [3.8, 4) is 11.5 Å². The molecular formula is C19H22N2O4. The highest BCUT2D eigenvalue weighted by Gasteiger charge is 2.14. The highest BCUT2D eigenvalue weighted by molar-refractivity contribution is 5.94. The van der Waals surface area contributed by atoms with E-state index in [9.17, 15) is 4.79 Å². The Hall–Kier alpha value is -3.02. The van der Waals surface area contributed by atoms with Gasteiger partial charge in [0, 0.05) is 11.3 Å². The van der Waals surface area contributed by atoms with Gasteiger partial charge in [0.25, 0.3) is 5.91 Å². The van der Waals surface area contributed by atoms with Crippen LogP contribution < -0.4 is 14.8 Å². The molecule has 0 fully saturated rings. The molecule has 2 aromatic carbocycles. The van der Waals surface area contributed by atoms with Crippen LogP contribution >= 0.6 is 0 Å². The third kappa shape index (κ3) is 5.24. The van der Waals surface area contributed by atoms with Gasteiger partial charge in [-0.2, -0.15) is 0 Å². The van der Waals surface area contributed by atoms with Gasteiger partial charge < -0.3 is 19.6 Å². The van der Waals surface area contributed by atoms with Gasteiger partial charge >= 0.3 is 0 Å². The number of anilines is 1. The van der Waals surface area contributed by atoms with Gasteiger partial charge in [-0.15, -0.1) is 0 Å². The predicted molar refractivity (Wildman–Crippen MR) is 97.5 cm³/mol. The van der Waals surface area contributed by atoms with Crippen molar-refractivity contribution in [2.24, 2.45) is 5.16 Å². The van der Waals surface area contributed by atoms with Crippen molar-refractivity contribution >= 4 is 17.8 Å². The van der Waals surface area contributed by atoms with Crippen LogP contribution in [0.2, 0.25) is 0 Å². The van der Waals surface area contributed by atoms with E-state index in [0.29, 0.717) is 11.5 Å². The number of aryl methyl sites for hydroxylation is 1. The minimum absolute atomic E-state index is 0.268. The highest BCUT2D eigenvalue weighted by Crippen LogP contribution is 2.26. The van der Waals surface area contributed by atoms with Crippen LogP contribution in [0, 0.1) is 6.92 Å². The van der Waals surface area contributed by atoms with E-state index in [2.05, 4.69) is 10.5 Å². The average molecular weight is 342 g/mol. The number of oxime groups is 1. The second kappa shape index (κ2) is 8.73. The van der Waals surface area contributed by atoms with E-state index in [0.717, 1.165) is 16.8 Å². The molecule has 2 rings (SSSR count). The number of benzene rings is 2. The summed E-state index contributed by atoms with van der Waals surface area (Å²) in [6.07, 6.45) is 0.787. The molecule has 0 spiro atoms. The molecule has 0 unspecified atom stereocenters. The van der Waals surface area contributed by atoms with E-state index in [4.69, 9.17) is 14.3 Å². The van der Waals surface area contributed by atoms with Crippen LogP contribution in [0.25, 0.3) is 0 Å². The van der Waals surface area contributed by atoms with Gasteiger partial charge in [0.05, 0.1) is 20.4 Å². The number of carbonyl (C=O) groups excluding carboxylic acids is 1. The van der Waals surface area contributed by atoms with Crippen molar-refractivity contribution in [3.63, 3.8) is 0 Å². The third-order valence-corrected chi connectivity index (χ3v) is 3.48. The van der Waals surface area contributed by atoms with Crippen molar-refractivity contribution in [3.05, 3.63) is 53.6 Å².